The Bertz CT molecular complexity index is 937. The van der Waals surface area contributed by atoms with Gasteiger partial charge in [0.05, 0.1) is 22.9 Å². The molecule has 2 aromatic rings. The molecule has 6 nitrogen and oxygen atoms in total. The molecule has 5 rings (SSSR count). The molecular weight excluding hydrogens is 398 g/mol. The maximum atomic E-state index is 13.7. The van der Waals surface area contributed by atoms with E-state index in [0.29, 0.717) is 18.8 Å². The van der Waals surface area contributed by atoms with Crippen LogP contribution in [0.2, 0.25) is 0 Å². The van der Waals surface area contributed by atoms with Gasteiger partial charge in [0.2, 0.25) is 5.91 Å². The summed E-state index contributed by atoms with van der Waals surface area (Å²) in [5.41, 5.74) is 0.819. The number of aromatic nitrogens is 1. The van der Waals surface area contributed by atoms with Crippen molar-refractivity contribution in [2.75, 3.05) is 13.2 Å². The molecule has 2 aromatic heterocycles. The van der Waals surface area contributed by atoms with E-state index in [1.54, 1.807) is 16.2 Å². The number of nitrogens with one attached hydrogen (secondary N) is 1. The third kappa shape index (κ3) is 3.46. The number of hydrogen-bond acceptors (Lipinski definition) is 4. The van der Waals surface area contributed by atoms with E-state index in [-0.39, 0.29) is 24.0 Å². The van der Waals surface area contributed by atoms with Crippen LogP contribution < -0.4 is 5.32 Å². The molecule has 2 atom stereocenters. The minimum atomic E-state index is -0.920. The van der Waals surface area contributed by atoms with Crippen LogP contribution in [0.15, 0.2) is 17.5 Å². The Morgan fingerprint density at radius 3 is 2.77 bits per heavy atom. The Morgan fingerprint density at radius 1 is 1.23 bits per heavy atom. The summed E-state index contributed by atoms with van der Waals surface area (Å²) >= 11 is 1.64. The molecular formula is C23H31N3O3S. The van der Waals surface area contributed by atoms with E-state index < -0.39 is 5.54 Å². The van der Waals surface area contributed by atoms with Crippen molar-refractivity contribution in [2.45, 2.75) is 82.5 Å². The van der Waals surface area contributed by atoms with Crippen molar-refractivity contribution in [3.8, 4) is 0 Å². The molecule has 0 bridgehead atoms. The minimum Gasteiger partial charge on any atom is -0.376 e. The van der Waals surface area contributed by atoms with Crippen LogP contribution >= 0.6 is 11.3 Å². The standard InChI is InChI=1S/C23H31N3O3S/c1-23(22(28)24-16-7-4-2-3-5-8-16)15-25-18-10-12-30-20(18)13-19(25)21(27)26(23)14-17-9-6-11-29-17/h10,12-13,16-17H,2-9,11,14-15H2,1H3,(H,24,28)/t17-,23+/m1/s1. The molecule has 0 radical (unpaired) electrons. The van der Waals surface area contributed by atoms with E-state index in [4.69, 9.17) is 4.74 Å². The van der Waals surface area contributed by atoms with Gasteiger partial charge in [0.15, 0.2) is 0 Å². The summed E-state index contributed by atoms with van der Waals surface area (Å²) < 4.78 is 8.99. The molecule has 0 unspecified atom stereocenters. The van der Waals surface area contributed by atoms with Crippen molar-refractivity contribution in [3.63, 3.8) is 0 Å². The van der Waals surface area contributed by atoms with Crippen molar-refractivity contribution in [3.05, 3.63) is 23.2 Å². The van der Waals surface area contributed by atoms with E-state index in [0.717, 1.165) is 55.3 Å². The maximum Gasteiger partial charge on any atom is 0.271 e. The van der Waals surface area contributed by atoms with Crippen LogP contribution in [0.3, 0.4) is 0 Å². The average Bonchev–Trinajstić information content (AvgIpc) is 3.42. The van der Waals surface area contributed by atoms with Gasteiger partial charge >= 0.3 is 0 Å². The van der Waals surface area contributed by atoms with Gasteiger partial charge in [0.25, 0.3) is 5.91 Å². The quantitative estimate of drug-likeness (QED) is 0.749. The van der Waals surface area contributed by atoms with Crippen LogP contribution in [0.1, 0.15) is 68.8 Å². The molecule has 0 spiro atoms. The van der Waals surface area contributed by atoms with Crippen molar-refractivity contribution in [2.24, 2.45) is 0 Å². The topological polar surface area (TPSA) is 63.6 Å². The van der Waals surface area contributed by atoms with Gasteiger partial charge in [-0.15, -0.1) is 11.3 Å². The number of hydrogen-bond donors (Lipinski definition) is 1. The first kappa shape index (κ1) is 20.1. The number of thiophene rings is 1. The van der Waals surface area contributed by atoms with Crippen LogP contribution in [-0.4, -0.2) is 52.1 Å². The largest absolute Gasteiger partial charge is 0.376 e. The second-order valence-corrected chi connectivity index (χ2v) is 10.2. The highest BCUT2D eigenvalue weighted by molar-refractivity contribution is 7.17. The van der Waals surface area contributed by atoms with Crippen LogP contribution in [0.5, 0.6) is 0 Å². The third-order valence-corrected chi connectivity index (χ3v) is 7.99. The number of fused-ring (bicyclic) bond motifs is 3. The number of nitrogens with zero attached hydrogens (tertiary/aromatic N) is 2. The normalized spacial score (nSPS) is 28.0. The highest BCUT2D eigenvalue weighted by atomic mass is 32.1. The van der Waals surface area contributed by atoms with E-state index in [1.165, 1.54) is 12.8 Å². The zero-order valence-corrected chi connectivity index (χ0v) is 18.5. The molecule has 162 valence electrons. The molecule has 1 N–H and O–H groups in total. The van der Waals surface area contributed by atoms with E-state index in [1.807, 2.05) is 22.9 Å². The fraction of sp³-hybridized carbons (Fsp3) is 0.652. The van der Waals surface area contributed by atoms with Crippen LogP contribution in [0.25, 0.3) is 10.2 Å². The molecule has 1 saturated heterocycles. The smallest absolute Gasteiger partial charge is 0.271 e. The van der Waals surface area contributed by atoms with Gasteiger partial charge in [-0.05, 0) is 50.1 Å². The Hall–Kier alpha value is -1.86. The van der Waals surface area contributed by atoms with Crippen molar-refractivity contribution >= 4 is 33.4 Å². The first-order valence-corrected chi connectivity index (χ1v) is 12.3. The second-order valence-electron chi connectivity index (χ2n) is 9.27. The lowest BCUT2D eigenvalue weighted by molar-refractivity contribution is -0.134. The number of rotatable bonds is 4. The Labute approximate surface area is 181 Å². The monoisotopic (exact) mass is 429 g/mol. The Morgan fingerprint density at radius 2 is 2.03 bits per heavy atom. The molecule has 1 aliphatic carbocycles. The lowest BCUT2D eigenvalue weighted by Gasteiger charge is -2.45. The van der Waals surface area contributed by atoms with Crippen molar-refractivity contribution < 1.29 is 14.3 Å². The molecule has 2 fully saturated rings. The van der Waals surface area contributed by atoms with Crippen molar-refractivity contribution in [1.29, 1.82) is 0 Å². The SMILES string of the molecule is C[C@@]1(C(=O)NC2CCCCCC2)Cn2c(cc3sccc32)C(=O)N1C[C@H]1CCCO1. The van der Waals surface area contributed by atoms with Gasteiger partial charge in [-0.2, -0.15) is 0 Å². The zero-order chi connectivity index (χ0) is 20.7. The van der Waals surface area contributed by atoms with Crippen LogP contribution in [0, 0.1) is 0 Å². The second kappa shape index (κ2) is 8.00. The predicted molar refractivity (Wildman–Crippen MR) is 118 cm³/mol. The Kier molecular flexibility index (Phi) is 5.35. The third-order valence-electron chi connectivity index (χ3n) is 7.14. The fourth-order valence-electron chi connectivity index (χ4n) is 5.32. The summed E-state index contributed by atoms with van der Waals surface area (Å²) in [6, 6.07) is 4.24. The summed E-state index contributed by atoms with van der Waals surface area (Å²) in [6.45, 7) is 3.64. The summed E-state index contributed by atoms with van der Waals surface area (Å²) in [5.74, 6) is -0.0813. The summed E-state index contributed by atoms with van der Waals surface area (Å²) in [5, 5.41) is 5.37. The summed E-state index contributed by atoms with van der Waals surface area (Å²) in [6.07, 6.45) is 8.86. The van der Waals surface area contributed by atoms with Crippen molar-refractivity contribution in [1.82, 2.24) is 14.8 Å². The summed E-state index contributed by atoms with van der Waals surface area (Å²) in [4.78, 5) is 29.1. The molecule has 1 saturated carbocycles. The number of amides is 2. The summed E-state index contributed by atoms with van der Waals surface area (Å²) in [7, 11) is 0. The van der Waals surface area contributed by atoms with Crippen LogP contribution in [-0.2, 0) is 16.1 Å². The number of ether oxygens (including phenoxy) is 1. The van der Waals surface area contributed by atoms with Gasteiger partial charge in [-0.3, -0.25) is 9.59 Å². The molecule has 2 aliphatic heterocycles. The van der Waals surface area contributed by atoms with E-state index in [2.05, 4.69) is 11.4 Å². The zero-order valence-electron chi connectivity index (χ0n) is 17.7. The molecule has 0 aromatic carbocycles. The van der Waals surface area contributed by atoms with Gasteiger partial charge in [-0.25, -0.2) is 0 Å². The molecule has 3 aliphatic rings. The molecule has 4 heterocycles. The predicted octanol–water partition coefficient (Wildman–Crippen LogP) is 3.94. The maximum absolute atomic E-state index is 13.7. The average molecular weight is 430 g/mol. The highest BCUT2D eigenvalue weighted by Gasteiger charge is 2.49. The van der Waals surface area contributed by atoms with Crippen LogP contribution in [0.4, 0.5) is 0 Å². The number of carbonyl (C=O) groups excluding carboxylic acids is 2. The van der Waals surface area contributed by atoms with Gasteiger partial charge in [0, 0.05) is 19.2 Å². The first-order chi connectivity index (χ1) is 14.6. The molecule has 30 heavy (non-hydrogen) atoms. The minimum absolute atomic E-state index is 0.0154. The first-order valence-electron chi connectivity index (χ1n) is 11.4. The van der Waals surface area contributed by atoms with Gasteiger partial charge in [0.1, 0.15) is 11.2 Å². The molecule has 7 heteroatoms. The van der Waals surface area contributed by atoms with Gasteiger partial charge < -0.3 is 19.5 Å². The Balaban J connectivity index is 1.47. The number of carbonyl (C=O) groups is 2. The van der Waals surface area contributed by atoms with E-state index >= 15 is 0 Å². The lowest BCUT2D eigenvalue weighted by Crippen LogP contribution is -2.66. The fourth-order valence-corrected chi connectivity index (χ4v) is 6.14. The van der Waals surface area contributed by atoms with Gasteiger partial charge in [-0.1, -0.05) is 25.7 Å². The van der Waals surface area contributed by atoms with E-state index in [9.17, 15) is 9.59 Å². The molecule has 2 amide bonds. The highest BCUT2D eigenvalue weighted by Crippen LogP contribution is 2.35. The lowest BCUT2D eigenvalue weighted by atomic mass is 9.93.